The van der Waals surface area contributed by atoms with E-state index in [-0.39, 0.29) is 11.9 Å². The lowest BCUT2D eigenvalue weighted by atomic mass is 10.1. The average Bonchev–Trinajstić information content (AvgIpc) is 2.45. The van der Waals surface area contributed by atoms with Gasteiger partial charge in [0.15, 0.2) is 0 Å². The number of hydrogen-bond acceptors (Lipinski definition) is 2. The Kier molecular flexibility index (Phi) is 5.39. The number of carbonyl (C=O) groups excluding carboxylic acids is 1. The monoisotopic (exact) mass is 346 g/mol. The Morgan fingerprint density at radius 2 is 2.00 bits per heavy atom. The SMILES string of the molecule is C[C@@H](NC(=O)CCc1cccc(N)c1)c1ccccc1Br. The second-order valence-corrected chi connectivity index (χ2v) is 5.91. The minimum atomic E-state index is -0.0195. The molecule has 21 heavy (non-hydrogen) atoms. The highest BCUT2D eigenvalue weighted by molar-refractivity contribution is 9.10. The van der Waals surface area contributed by atoms with Crippen molar-refractivity contribution in [2.24, 2.45) is 0 Å². The van der Waals surface area contributed by atoms with Crippen LogP contribution in [0.4, 0.5) is 5.69 Å². The fourth-order valence-corrected chi connectivity index (χ4v) is 2.85. The summed E-state index contributed by atoms with van der Waals surface area (Å²) in [4.78, 5) is 12.0. The largest absolute Gasteiger partial charge is 0.399 e. The molecule has 0 fully saturated rings. The van der Waals surface area contributed by atoms with Crippen molar-refractivity contribution in [1.82, 2.24) is 5.32 Å². The van der Waals surface area contributed by atoms with Gasteiger partial charge in [-0.25, -0.2) is 0 Å². The zero-order chi connectivity index (χ0) is 15.2. The van der Waals surface area contributed by atoms with Gasteiger partial charge in [0.25, 0.3) is 0 Å². The maximum atomic E-state index is 12.0. The number of nitrogen functional groups attached to an aromatic ring is 1. The van der Waals surface area contributed by atoms with Crippen LogP contribution in [0.2, 0.25) is 0 Å². The maximum absolute atomic E-state index is 12.0. The summed E-state index contributed by atoms with van der Waals surface area (Å²) in [6.07, 6.45) is 1.15. The Balaban J connectivity index is 1.89. The first-order valence-electron chi connectivity index (χ1n) is 6.94. The number of nitrogens with one attached hydrogen (secondary N) is 1. The van der Waals surface area contributed by atoms with Gasteiger partial charge < -0.3 is 11.1 Å². The number of anilines is 1. The number of aryl methyl sites for hydroxylation is 1. The summed E-state index contributed by atoms with van der Waals surface area (Å²) in [5.41, 5.74) is 8.62. The molecule has 0 spiro atoms. The number of hydrogen-bond donors (Lipinski definition) is 2. The van der Waals surface area contributed by atoms with Crippen LogP contribution in [-0.2, 0) is 11.2 Å². The average molecular weight is 347 g/mol. The van der Waals surface area contributed by atoms with Gasteiger partial charge in [-0.2, -0.15) is 0 Å². The van der Waals surface area contributed by atoms with Crippen molar-refractivity contribution in [3.05, 3.63) is 64.1 Å². The molecule has 3 nitrogen and oxygen atoms in total. The normalized spacial score (nSPS) is 11.9. The first-order chi connectivity index (χ1) is 10.1. The molecule has 2 aromatic rings. The predicted molar refractivity (Wildman–Crippen MR) is 89.9 cm³/mol. The van der Waals surface area contributed by atoms with E-state index in [1.54, 1.807) is 0 Å². The highest BCUT2D eigenvalue weighted by Crippen LogP contribution is 2.22. The molecular weight excluding hydrogens is 328 g/mol. The van der Waals surface area contributed by atoms with Crippen molar-refractivity contribution in [3.63, 3.8) is 0 Å². The van der Waals surface area contributed by atoms with Crippen molar-refractivity contribution >= 4 is 27.5 Å². The highest BCUT2D eigenvalue weighted by atomic mass is 79.9. The Morgan fingerprint density at radius 3 is 2.71 bits per heavy atom. The first kappa shape index (κ1) is 15.6. The van der Waals surface area contributed by atoms with Gasteiger partial charge in [-0.15, -0.1) is 0 Å². The second kappa shape index (κ2) is 7.27. The molecule has 0 saturated carbocycles. The molecule has 2 aromatic carbocycles. The maximum Gasteiger partial charge on any atom is 0.220 e. The minimum absolute atomic E-state index is 0.0195. The van der Waals surface area contributed by atoms with Gasteiger partial charge in [0.05, 0.1) is 6.04 Å². The molecule has 0 aliphatic heterocycles. The Labute approximate surface area is 133 Å². The van der Waals surface area contributed by atoms with Crippen LogP contribution in [0.25, 0.3) is 0 Å². The van der Waals surface area contributed by atoms with E-state index in [2.05, 4.69) is 21.2 Å². The zero-order valence-corrected chi connectivity index (χ0v) is 13.6. The molecule has 0 radical (unpaired) electrons. The van der Waals surface area contributed by atoms with Gasteiger partial charge in [0, 0.05) is 16.6 Å². The van der Waals surface area contributed by atoms with Gasteiger partial charge in [-0.1, -0.05) is 46.3 Å². The van der Waals surface area contributed by atoms with Gasteiger partial charge in [0.2, 0.25) is 5.91 Å². The topological polar surface area (TPSA) is 55.1 Å². The molecule has 110 valence electrons. The number of benzene rings is 2. The summed E-state index contributed by atoms with van der Waals surface area (Å²) in [5, 5.41) is 3.02. The molecule has 3 N–H and O–H groups in total. The van der Waals surface area contributed by atoms with Crippen LogP contribution in [0.1, 0.15) is 30.5 Å². The van der Waals surface area contributed by atoms with E-state index in [1.807, 2.05) is 55.5 Å². The predicted octanol–water partition coefficient (Wildman–Crippen LogP) is 3.84. The molecule has 2 rings (SSSR count). The lowest BCUT2D eigenvalue weighted by Gasteiger charge is -2.16. The number of amides is 1. The summed E-state index contributed by atoms with van der Waals surface area (Å²) in [5.74, 6) is 0.0423. The van der Waals surface area contributed by atoms with E-state index in [4.69, 9.17) is 5.73 Å². The molecule has 0 aliphatic rings. The molecule has 0 bridgehead atoms. The molecule has 0 saturated heterocycles. The number of halogens is 1. The lowest BCUT2D eigenvalue weighted by molar-refractivity contribution is -0.121. The first-order valence-corrected chi connectivity index (χ1v) is 7.74. The standard InChI is InChI=1S/C17H19BrN2O/c1-12(15-7-2-3-8-16(15)18)20-17(21)10-9-13-5-4-6-14(19)11-13/h2-8,11-12H,9-10,19H2,1H3,(H,20,21)/t12-/m1/s1. The molecule has 4 heteroatoms. The summed E-state index contributed by atoms with van der Waals surface area (Å²) in [6.45, 7) is 1.98. The molecule has 0 aliphatic carbocycles. The summed E-state index contributed by atoms with van der Waals surface area (Å²) >= 11 is 3.51. The van der Waals surface area contributed by atoms with E-state index in [9.17, 15) is 4.79 Å². The van der Waals surface area contributed by atoms with Gasteiger partial charge in [0.1, 0.15) is 0 Å². The van der Waals surface area contributed by atoms with Crippen LogP contribution in [0, 0.1) is 0 Å². The third-order valence-corrected chi connectivity index (χ3v) is 4.06. The fourth-order valence-electron chi connectivity index (χ4n) is 2.22. The third-order valence-electron chi connectivity index (χ3n) is 3.34. The van der Waals surface area contributed by atoms with Crippen LogP contribution in [0.3, 0.4) is 0 Å². The molecule has 0 aromatic heterocycles. The van der Waals surface area contributed by atoms with E-state index in [0.29, 0.717) is 12.8 Å². The fraction of sp³-hybridized carbons (Fsp3) is 0.235. The van der Waals surface area contributed by atoms with Gasteiger partial charge in [-0.3, -0.25) is 4.79 Å². The van der Waals surface area contributed by atoms with Crippen LogP contribution in [0.5, 0.6) is 0 Å². The van der Waals surface area contributed by atoms with E-state index in [1.165, 1.54) is 0 Å². The van der Waals surface area contributed by atoms with E-state index < -0.39 is 0 Å². The minimum Gasteiger partial charge on any atom is -0.399 e. The van der Waals surface area contributed by atoms with Crippen molar-refractivity contribution < 1.29 is 4.79 Å². The third kappa shape index (κ3) is 4.60. The molecule has 0 heterocycles. The summed E-state index contributed by atoms with van der Waals surface area (Å²) in [7, 11) is 0. The summed E-state index contributed by atoms with van der Waals surface area (Å²) < 4.78 is 1.01. The molecular formula is C17H19BrN2O. The van der Waals surface area contributed by atoms with Crippen LogP contribution in [0.15, 0.2) is 53.0 Å². The van der Waals surface area contributed by atoms with E-state index in [0.717, 1.165) is 21.3 Å². The lowest BCUT2D eigenvalue weighted by Crippen LogP contribution is -2.27. The van der Waals surface area contributed by atoms with Crippen molar-refractivity contribution in [1.29, 1.82) is 0 Å². The number of nitrogens with two attached hydrogens (primary N) is 1. The summed E-state index contributed by atoms with van der Waals surface area (Å²) in [6, 6.07) is 15.5. The second-order valence-electron chi connectivity index (χ2n) is 5.06. The van der Waals surface area contributed by atoms with Crippen LogP contribution < -0.4 is 11.1 Å². The van der Waals surface area contributed by atoms with Crippen molar-refractivity contribution in [2.75, 3.05) is 5.73 Å². The number of carbonyl (C=O) groups is 1. The zero-order valence-electron chi connectivity index (χ0n) is 12.0. The van der Waals surface area contributed by atoms with Crippen molar-refractivity contribution in [3.8, 4) is 0 Å². The van der Waals surface area contributed by atoms with Crippen LogP contribution in [-0.4, -0.2) is 5.91 Å². The van der Waals surface area contributed by atoms with Gasteiger partial charge >= 0.3 is 0 Å². The van der Waals surface area contributed by atoms with Crippen LogP contribution >= 0.6 is 15.9 Å². The quantitative estimate of drug-likeness (QED) is 0.808. The van der Waals surface area contributed by atoms with E-state index >= 15 is 0 Å². The molecule has 1 amide bonds. The smallest absolute Gasteiger partial charge is 0.220 e. The highest BCUT2D eigenvalue weighted by Gasteiger charge is 2.11. The molecule has 1 atom stereocenters. The Morgan fingerprint density at radius 1 is 1.24 bits per heavy atom. The number of rotatable bonds is 5. The van der Waals surface area contributed by atoms with Gasteiger partial charge in [-0.05, 0) is 42.7 Å². The molecule has 0 unspecified atom stereocenters. The Hall–Kier alpha value is -1.81. The Bertz CT molecular complexity index is 628. The van der Waals surface area contributed by atoms with Crippen molar-refractivity contribution in [2.45, 2.75) is 25.8 Å².